The SMILES string of the molecule is CC(C)(C)OC(=O)N1CC[C@@H](OC(=O)c2ccc(-c3ccc(Cl)cc3Cl)cc2)C1. The van der Waals surface area contributed by atoms with Crippen LogP contribution in [0, 0.1) is 0 Å². The van der Waals surface area contributed by atoms with Gasteiger partial charge in [-0.25, -0.2) is 9.59 Å². The lowest BCUT2D eigenvalue weighted by Gasteiger charge is -2.24. The van der Waals surface area contributed by atoms with Gasteiger partial charge in [0.1, 0.15) is 11.7 Å². The number of hydrogen-bond acceptors (Lipinski definition) is 4. The Hall–Kier alpha value is -2.24. The Kier molecular flexibility index (Phi) is 6.39. The first kappa shape index (κ1) is 21.5. The molecule has 0 unspecified atom stereocenters. The van der Waals surface area contributed by atoms with Crippen molar-refractivity contribution in [2.45, 2.75) is 38.9 Å². The predicted octanol–water partition coefficient (Wildman–Crippen LogP) is 5.83. The number of esters is 1. The van der Waals surface area contributed by atoms with Crippen LogP contribution in [-0.4, -0.2) is 41.8 Å². The Bertz CT molecular complexity index is 906. The molecule has 0 saturated carbocycles. The number of carbonyl (C=O) groups is 2. The van der Waals surface area contributed by atoms with Gasteiger partial charge >= 0.3 is 12.1 Å². The highest BCUT2D eigenvalue weighted by atomic mass is 35.5. The lowest BCUT2D eigenvalue weighted by atomic mass is 10.0. The van der Waals surface area contributed by atoms with Crippen LogP contribution in [0.4, 0.5) is 4.79 Å². The summed E-state index contributed by atoms with van der Waals surface area (Å²) in [5.41, 5.74) is 1.59. The number of ether oxygens (including phenoxy) is 2. The molecule has 1 atom stereocenters. The number of nitrogens with zero attached hydrogens (tertiary/aromatic N) is 1. The van der Waals surface area contributed by atoms with E-state index in [1.165, 1.54) is 0 Å². The van der Waals surface area contributed by atoms with Crippen LogP contribution in [0.25, 0.3) is 11.1 Å². The number of hydrogen-bond donors (Lipinski definition) is 0. The summed E-state index contributed by atoms with van der Waals surface area (Å²) in [5, 5.41) is 1.11. The van der Waals surface area contributed by atoms with Gasteiger partial charge in [-0.15, -0.1) is 0 Å². The third-order valence-corrected chi connectivity index (χ3v) is 4.98. The molecule has 2 aromatic rings. The molecule has 1 fully saturated rings. The van der Waals surface area contributed by atoms with Crippen molar-refractivity contribution in [1.82, 2.24) is 4.90 Å². The first-order chi connectivity index (χ1) is 13.6. The summed E-state index contributed by atoms with van der Waals surface area (Å²) in [4.78, 5) is 26.2. The van der Waals surface area contributed by atoms with Crippen LogP contribution in [0.15, 0.2) is 42.5 Å². The second-order valence-corrected chi connectivity index (χ2v) is 8.79. The number of rotatable bonds is 3. The predicted molar refractivity (Wildman–Crippen MR) is 114 cm³/mol. The standard InChI is InChI=1S/C22H23Cl2NO4/c1-22(2,3)29-21(27)25-11-10-17(13-25)28-20(26)15-6-4-14(5-7-15)18-9-8-16(23)12-19(18)24/h4-9,12,17H,10-11,13H2,1-3H3/t17-/m1/s1. The molecule has 0 radical (unpaired) electrons. The van der Waals surface area contributed by atoms with Crippen LogP contribution in [-0.2, 0) is 9.47 Å². The van der Waals surface area contributed by atoms with E-state index >= 15 is 0 Å². The molecule has 154 valence electrons. The van der Waals surface area contributed by atoms with Gasteiger partial charge in [0.15, 0.2) is 0 Å². The van der Waals surface area contributed by atoms with Gasteiger partial charge < -0.3 is 14.4 Å². The quantitative estimate of drug-likeness (QED) is 0.569. The number of likely N-dealkylation sites (tertiary alicyclic amines) is 1. The van der Waals surface area contributed by atoms with Gasteiger partial charge in [0.25, 0.3) is 0 Å². The van der Waals surface area contributed by atoms with E-state index in [4.69, 9.17) is 32.7 Å². The van der Waals surface area contributed by atoms with Gasteiger partial charge in [0.2, 0.25) is 0 Å². The van der Waals surface area contributed by atoms with Crippen molar-refractivity contribution in [3.05, 3.63) is 58.1 Å². The Labute approximate surface area is 180 Å². The molecular weight excluding hydrogens is 413 g/mol. The third-order valence-electron chi connectivity index (χ3n) is 4.43. The Balaban J connectivity index is 1.59. The van der Waals surface area contributed by atoms with Crippen molar-refractivity contribution < 1.29 is 19.1 Å². The van der Waals surface area contributed by atoms with Crippen LogP contribution < -0.4 is 0 Å². The summed E-state index contributed by atoms with van der Waals surface area (Å²) in [5.74, 6) is -0.421. The molecule has 0 bridgehead atoms. The molecule has 0 aliphatic carbocycles. The number of benzene rings is 2. The zero-order valence-corrected chi connectivity index (χ0v) is 18.1. The second-order valence-electron chi connectivity index (χ2n) is 7.94. The van der Waals surface area contributed by atoms with Crippen molar-refractivity contribution >= 4 is 35.3 Å². The molecule has 1 aliphatic rings. The number of amides is 1. The zero-order valence-electron chi connectivity index (χ0n) is 16.6. The van der Waals surface area contributed by atoms with Crippen molar-refractivity contribution in [2.75, 3.05) is 13.1 Å². The Morgan fingerprint density at radius 3 is 2.38 bits per heavy atom. The first-order valence-corrected chi connectivity index (χ1v) is 10.1. The maximum atomic E-state index is 12.5. The van der Waals surface area contributed by atoms with E-state index in [2.05, 4.69) is 0 Å². The minimum atomic E-state index is -0.555. The molecule has 3 rings (SSSR count). The maximum absolute atomic E-state index is 12.5. The van der Waals surface area contributed by atoms with Crippen LogP contribution in [0.3, 0.4) is 0 Å². The van der Waals surface area contributed by atoms with E-state index in [0.29, 0.717) is 35.1 Å². The second kappa shape index (κ2) is 8.64. The van der Waals surface area contributed by atoms with E-state index < -0.39 is 11.6 Å². The van der Waals surface area contributed by atoms with Gasteiger partial charge in [0.05, 0.1) is 12.1 Å². The van der Waals surface area contributed by atoms with E-state index in [-0.39, 0.29) is 12.2 Å². The summed E-state index contributed by atoms with van der Waals surface area (Å²) in [6.07, 6.45) is -0.149. The minimum Gasteiger partial charge on any atom is -0.457 e. The zero-order chi connectivity index (χ0) is 21.2. The Morgan fingerprint density at radius 2 is 1.76 bits per heavy atom. The largest absolute Gasteiger partial charge is 0.457 e. The molecule has 0 N–H and O–H groups in total. The van der Waals surface area contributed by atoms with Gasteiger partial charge in [-0.3, -0.25) is 0 Å². The van der Waals surface area contributed by atoms with Crippen molar-refractivity contribution in [3.63, 3.8) is 0 Å². The molecular formula is C22H23Cl2NO4. The fraction of sp³-hybridized carbons (Fsp3) is 0.364. The monoisotopic (exact) mass is 435 g/mol. The molecule has 7 heteroatoms. The van der Waals surface area contributed by atoms with Crippen LogP contribution in [0.5, 0.6) is 0 Å². The van der Waals surface area contributed by atoms with Crippen molar-refractivity contribution in [2.24, 2.45) is 0 Å². The molecule has 29 heavy (non-hydrogen) atoms. The summed E-state index contributed by atoms with van der Waals surface area (Å²) in [6.45, 7) is 6.29. The van der Waals surface area contributed by atoms with Gasteiger partial charge in [-0.05, 0) is 50.6 Å². The highest BCUT2D eigenvalue weighted by Gasteiger charge is 2.32. The maximum Gasteiger partial charge on any atom is 0.410 e. The minimum absolute atomic E-state index is 0.332. The fourth-order valence-corrected chi connectivity index (χ4v) is 3.56. The first-order valence-electron chi connectivity index (χ1n) is 9.37. The summed E-state index contributed by atoms with van der Waals surface area (Å²) < 4.78 is 10.9. The number of halogens is 2. The lowest BCUT2D eigenvalue weighted by Crippen LogP contribution is -2.36. The van der Waals surface area contributed by atoms with Crippen molar-refractivity contribution in [3.8, 4) is 11.1 Å². The molecule has 0 aromatic heterocycles. The van der Waals surface area contributed by atoms with Gasteiger partial charge in [-0.1, -0.05) is 41.4 Å². The smallest absolute Gasteiger partial charge is 0.410 e. The Morgan fingerprint density at radius 1 is 1.07 bits per heavy atom. The van der Waals surface area contributed by atoms with Crippen LogP contribution >= 0.6 is 23.2 Å². The summed E-state index contributed by atoms with van der Waals surface area (Å²) in [6, 6.07) is 12.3. The lowest BCUT2D eigenvalue weighted by molar-refractivity contribution is 0.0191. The van der Waals surface area contributed by atoms with E-state index in [1.54, 1.807) is 29.2 Å². The molecule has 2 aromatic carbocycles. The molecule has 0 spiro atoms. The van der Waals surface area contributed by atoms with Crippen LogP contribution in [0.1, 0.15) is 37.6 Å². The molecule has 5 nitrogen and oxygen atoms in total. The summed E-state index contributed by atoms with van der Waals surface area (Å²) in [7, 11) is 0. The molecule has 1 amide bonds. The normalized spacial score (nSPS) is 16.6. The van der Waals surface area contributed by atoms with Crippen LogP contribution in [0.2, 0.25) is 10.0 Å². The third kappa shape index (κ3) is 5.64. The topological polar surface area (TPSA) is 55.8 Å². The highest BCUT2D eigenvalue weighted by Crippen LogP contribution is 2.30. The molecule has 1 saturated heterocycles. The average molecular weight is 436 g/mol. The van der Waals surface area contributed by atoms with E-state index in [0.717, 1.165) is 11.1 Å². The fourth-order valence-electron chi connectivity index (χ4n) is 3.05. The van der Waals surface area contributed by atoms with Gasteiger partial charge in [0, 0.05) is 28.6 Å². The molecule has 1 heterocycles. The highest BCUT2D eigenvalue weighted by molar-refractivity contribution is 6.36. The average Bonchev–Trinajstić information content (AvgIpc) is 3.09. The van der Waals surface area contributed by atoms with Gasteiger partial charge in [-0.2, -0.15) is 0 Å². The van der Waals surface area contributed by atoms with Crippen molar-refractivity contribution in [1.29, 1.82) is 0 Å². The number of carbonyl (C=O) groups excluding carboxylic acids is 2. The molecule has 1 aliphatic heterocycles. The summed E-state index contributed by atoms with van der Waals surface area (Å²) >= 11 is 12.2. The van der Waals surface area contributed by atoms with E-state index in [1.807, 2.05) is 39.0 Å². The van der Waals surface area contributed by atoms with E-state index in [9.17, 15) is 9.59 Å².